The van der Waals surface area contributed by atoms with E-state index in [1.165, 1.54) is 0 Å². The third kappa shape index (κ3) is 8.26. The molecular weight excluding hydrogens is 633 g/mol. The van der Waals surface area contributed by atoms with Crippen LogP contribution in [0.3, 0.4) is 0 Å². The molecule has 4 nitrogen and oxygen atoms in total. The molecule has 0 radical (unpaired) electrons. The Kier molecular flexibility index (Phi) is 13.2. The molecule has 6 rings (SSSR count). The molecule has 0 saturated heterocycles. The van der Waals surface area contributed by atoms with Gasteiger partial charge in [-0.1, -0.05) is 196 Å². The predicted molar refractivity (Wildman–Crippen MR) is 210 cm³/mol. The van der Waals surface area contributed by atoms with Crippen molar-refractivity contribution in [1.82, 2.24) is 10.6 Å². The molecule has 0 aliphatic carbocycles. The van der Waals surface area contributed by atoms with E-state index in [-0.39, 0.29) is 0 Å². The van der Waals surface area contributed by atoms with Crippen LogP contribution in [0.1, 0.15) is 47.2 Å². The molecule has 0 heterocycles. The van der Waals surface area contributed by atoms with Gasteiger partial charge in [0, 0.05) is 5.75 Å². The Morgan fingerprint density at radius 1 is 0.520 bits per heavy atom. The van der Waals surface area contributed by atoms with E-state index in [4.69, 9.17) is 0 Å². The summed E-state index contributed by atoms with van der Waals surface area (Å²) in [5.41, 5.74) is 5.28. The topological polar surface area (TPSA) is 61.4 Å². The lowest BCUT2D eigenvalue weighted by molar-refractivity contribution is -0.139. The Bertz CT molecular complexity index is 1640. The molecule has 0 fully saturated rings. The van der Waals surface area contributed by atoms with E-state index in [0.29, 0.717) is 5.75 Å². The second kappa shape index (κ2) is 18.2. The number of hydrogen-bond donors (Lipinski definition) is 3. The molecule has 254 valence electrons. The van der Waals surface area contributed by atoms with Gasteiger partial charge in [-0.05, 0) is 46.5 Å². The van der Waals surface area contributed by atoms with E-state index >= 15 is 0 Å². The maximum absolute atomic E-state index is 13.3. The Balaban J connectivity index is 0.000000908. The van der Waals surface area contributed by atoms with Crippen molar-refractivity contribution in [3.05, 3.63) is 215 Å². The van der Waals surface area contributed by atoms with E-state index in [2.05, 4.69) is 134 Å². The van der Waals surface area contributed by atoms with Crippen LogP contribution >= 0.6 is 11.8 Å². The first kappa shape index (κ1) is 36.3. The number of carbonyl (C=O) groups is 1. The second-order valence-corrected chi connectivity index (χ2v) is 13.2. The first-order valence-electron chi connectivity index (χ1n) is 17.2. The van der Waals surface area contributed by atoms with Gasteiger partial charge in [-0.2, -0.15) is 0 Å². The van der Waals surface area contributed by atoms with Gasteiger partial charge < -0.3 is 10.4 Å². The SMILES string of the molecule is CCNCC.O=C(O)[C@H](CSC(c1ccccc1)(c1ccccc1)c1ccccc1)NC(c1ccccc1)(c1ccccc1)c1ccccc1. The predicted octanol–water partition coefficient (Wildman–Crippen LogP) is 9.36. The molecule has 0 aliphatic heterocycles. The van der Waals surface area contributed by atoms with Crippen LogP contribution in [0.2, 0.25) is 0 Å². The normalized spacial score (nSPS) is 12.0. The molecule has 0 aromatic heterocycles. The van der Waals surface area contributed by atoms with Crippen molar-refractivity contribution in [1.29, 1.82) is 0 Å². The summed E-state index contributed by atoms with van der Waals surface area (Å²) >= 11 is 1.65. The second-order valence-electron chi connectivity index (χ2n) is 11.9. The summed E-state index contributed by atoms with van der Waals surface area (Å²) < 4.78 is -0.645. The number of rotatable bonds is 14. The summed E-state index contributed by atoms with van der Waals surface area (Å²) in [7, 11) is 0. The maximum atomic E-state index is 13.3. The average molecular weight is 679 g/mol. The van der Waals surface area contributed by atoms with Crippen molar-refractivity contribution in [3.63, 3.8) is 0 Å². The number of benzene rings is 6. The minimum Gasteiger partial charge on any atom is -0.480 e. The molecule has 0 saturated carbocycles. The van der Waals surface area contributed by atoms with Gasteiger partial charge in [0.2, 0.25) is 0 Å². The lowest BCUT2D eigenvalue weighted by Crippen LogP contribution is -2.54. The van der Waals surface area contributed by atoms with Gasteiger partial charge in [0.25, 0.3) is 0 Å². The van der Waals surface area contributed by atoms with Gasteiger partial charge >= 0.3 is 5.97 Å². The number of aliphatic carboxylic acids is 1. The quantitative estimate of drug-likeness (QED) is 0.100. The molecule has 1 atom stereocenters. The zero-order valence-corrected chi connectivity index (χ0v) is 29.6. The fourth-order valence-corrected chi connectivity index (χ4v) is 8.03. The zero-order chi connectivity index (χ0) is 35.1. The molecule has 0 aliphatic rings. The number of carboxylic acids is 1. The molecule has 0 spiro atoms. The van der Waals surface area contributed by atoms with E-state index in [1.54, 1.807) is 11.8 Å². The molecule has 0 amide bonds. The van der Waals surface area contributed by atoms with Gasteiger partial charge in [0.1, 0.15) is 6.04 Å². The average Bonchev–Trinajstić information content (AvgIpc) is 3.19. The number of thioether (sulfide) groups is 1. The van der Waals surface area contributed by atoms with Gasteiger partial charge in [0.05, 0.1) is 10.3 Å². The Morgan fingerprint density at radius 3 is 1.04 bits per heavy atom. The molecule has 6 aromatic rings. The number of carboxylic acid groups (broad SMARTS) is 1. The van der Waals surface area contributed by atoms with Crippen molar-refractivity contribution >= 4 is 17.7 Å². The molecule has 6 aromatic carbocycles. The minimum absolute atomic E-state index is 0.294. The van der Waals surface area contributed by atoms with Crippen molar-refractivity contribution in [3.8, 4) is 0 Å². The minimum atomic E-state index is -0.914. The molecule has 50 heavy (non-hydrogen) atoms. The lowest BCUT2D eigenvalue weighted by atomic mass is 9.76. The van der Waals surface area contributed by atoms with E-state index in [0.717, 1.165) is 46.5 Å². The summed E-state index contributed by atoms with van der Waals surface area (Å²) in [5, 5.41) is 17.7. The summed E-state index contributed by atoms with van der Waals surface area (Å²) in [4.78, 5) is 13.3. The highest BCUT2D eigenvalue weighted by Crippen LogP contribution is 2.49. The van der Waals surface area contributed by atoms with Gasteiger partial charge in [-0.15, -0.1) is 11.8 Å². The number of hydrogen-bond acceptors (Lipinski definition) is 4. The lowest BCUT2D eigenvalue weighted by Gasteiger charge is -2.41. The molecular formula is C45H46N2O2S. The van der Waals surface area contributed by atoms with Crippen molar-refractivity contribution < 1.29 is 9.90 Å². The van der Waals surface area contributed by atoms with Gasteiger partial charge in [0.15, 0.2) is 0 Å². The molecule has 0 bridgehead atoms. The molecule has 3 N–H and O–H groups in total. The smallest absolute Gasteiger partial charge is 0.321 e. The zero-order valence-electron chi connectivity index (χ0n) is 28.8. The highest BCUT2D eigenvalue weighted by Gasteiger charge is 2.42. The van der Waals surface area contributed by atoms with Gasteiger partial charge in [-0.25, -0.2) is 0 Å². The summed E-state index contributed by atoms with van der Waals surface area (Å²) in [6, 6.07) is 60.7. The first-order valence-corrected chi connectivity index (χ1v) is 18.2. The molecule has 5 heteroatoms. The Hall–Kier alpha value is -4.94. The summed E-state index contributed by atoms with van der Waals surface area (Å²) in [6.07, 6.45) is 0. The maximum Gasteiger partial charge on any atom is 0.321 e. The van der Waals surface area contributed by atoms with Crippen LogP contribution in [-0.4, -0.2) is 36.0 Å². The first-order chi connectivity index (χ1) is 24.6. The fraction of sp³-hybridized carbons (Fsp3) is 0.178. The third-order valence-electron chi connectivity index (χ3n) is 8.82. The van der Waals surface area contributed by atoms with Crippen LogP contribution in [-0.2, 0) is 15.1 Å². The van der Waals surface area contributed by atoms with Crippen LogP contribution in [0.15, 0.2) is 182 Å². The fourth-order valence-electron chi connectivity index (χ4n) is 6.48. The van der Waals surface area contributed by atoms with Crippen molar-refractivity contribution in [2.24, 2.45) is 0 Å². The van der Waals surface area contributed by atoms with Crippen LogP contribution in [0.5, 0.6) is 0 Å². The van der Waals surface area contributed by atoms with Crippen LogP contribution in [0.25, 0.3) is 0 Å². The Labute approximate surface area is 301 Å². The van der Waals surface area contributed by atoms with E-state index < -0.39 is 22.3 Å². The van der Waals surface area contributed by atoms with Crippen LogP contribution in [0, 0.1) is 0 Å². The third-order valence-corrected chi connectivity index (χ3v) is 10.5. The van der Waals surface area contributed by atoms with Gasteiger partial charge in [-0.3, -0.25) is 10.1 Å². The molecule has 0 unspecified atom stereocenters. The van der Waals surface area contributed by atoms with Crippen molar-refractivity contribution in [2.45, 2.75) is 30.2 Å². The van der Waals surface area contributed by atoms with Crippen molar-refractivity contribution in [2.75, 3.05) is 18.8 Å². The largest absolute Gasteiger partial charge is 0.480 e. The van der Waals surface area contributed by atoms with Crippen LogP contribution in [0.4, 0.5) is 0 Å². The monoisotopic (exact) mass is 678 g/mol. The van der Waals surface area contributed by atoms with E-state index in [1.807, 2.05) is 72.8 Å². The highest BCUT2D eigenvalue weighted by atomic mass is 32.2. The van der Waals surface area contributed by atoms with Crippen LogP contribution < -0.4 is 10.6 Å². The van der Waals surface area contributed by atoms with E-state index in [9.17, 15) is 9.90 Å². The summed E-state index contributed by atoms with van der Waals surface area (Å²) in [5.74, 6) is -0.611. The summed E-state index contributed by atoms with van der Waals surface area (Å²) in [6.45, 7) is 6.39. The Morgan fingerprint density at radius 2 is 0.800 bits per heavy atom. The highest BCUT2D eigenvalue weighted by molar-refractivity contribution is 8.00. The standard InChI is InChI=1S/C41H35NO2S.C4H11N/c43-39(44)38(42-40(32-19-7-1-8-20-32,33-21-9-2-10-22-33)34-23-11-3-12-24-34)31-45-41(35-25-13-4-14-26-35,36-27-15-5-16-28-36)37-29-17-6-18-30-37;1-3-5-4-2/h1-30,38,42H,31H2,(H,43,44);5H,3-4H2,1-2H3/t38-;/m0./s1. The number of nitrogens with one attached hydrogen (secondary N) is 2.